The molecule has 0 heteroatoms. The quantitative estimate of drug-likeness (QED) is 0.538. The van der Waals surface area contributed by atoms with Gasteiger partial charge in [-0.2, -0.15) is 0 Å². The van der Waals surface area contributed by atoms with Crippen LogP contribution in [0.25, 0.3) is 0 Å². The van der Waals surface area contributed by atoms with Crippen molar-refractivity contribution in [3.63, 3.8) is 0 Å². The largest absolute Gasteiger partial charge is 0.0848 e. The van der Waals surface area contributed by atoms with Gasteiger partial charge in [-0.3, -0.25) is 0 Å². The third-order valence-corrected chi connectivity index (χ3v) is 2.27. The molecule has 0 aliphatic heterocycles. The first-order valence-electron chi connectivity index (χ1n) is 4.77. The van der Waals surface area contributed by atoms with E-state index in [0.29, 0.717) is 0 Å². The van der Waals surface area contributed by atoms with Gasteiger partial charge in [0.1, 0.15) is 0 Å². The monoisotopic (exact) mass is 150 g/mol. The lowest BCUT2D eigenvalue weighted by Gasteiger charge is -1.97. The molecule has 0 radical (unpaired) electrons. The minimum absolute atomic E-state index is 0.886. The van der Waals surface area contributed by atoms with Crippen molar-refractivity contribution in [3.8, 4) is 0 Å². The van der Waals surface area contributed by atoms with E-state index in [1.54, 1.807) is 0 Å². The van der Waals surface area contributed by atoms with Crippen LogP contribution >= 0.6 is 0 Å². The van der Waals surface area contributed by atoms with E-state index in [9.17, 15) is 0 Å². The topological polar surface area (TPSA) is 0 Å². The van der Waals surface area contributed by atoms with Crippen LogP contribution in [0.1, 0.15) is 39.0 Å². The van der Waals surface area contributed by atoms with Crippen LogP contribution in [0.2, 0.25) is 0 Å². The summed E-state index contributed by atoms with van der Waals surface area (Å²) in [5.41, 5.74) is 0. The first-order chi connectivity index (χ1) is 5.43. The molecule has 0 amide bonds. The van der Waals surface area contributed by atoms with Gasteiger partial charge >= 0.3 is 0 Å². The Morgan fingerprint density at radius 2 is 1.91 bits per heavy atom. The van der Waals surface area contributed by atoms with Crippen LogP contribution < -0.4 is 0 Å². The van der Waals surface area contributed by atoms with Crippen molar-refractivity contribution in [2.24, 2.45) is 5.92 Å². The number of hydrogen-bond acceptors (Lipinski definition) is 0. The molecule has 0 atom stereocenters. The van der Waals surface area contributed by atoms with Gasteiger partial charge in [0.2, 0.25) is 0 Å². The van der Waals surface area contributed by atoms with Crippen LogP contribution in [-0.4, -0.2) is 0 Å². The zero-order chi connectivity index (χ0) is 7.94. The summed E-state index contributed by atoms with van der Waals surface area (Å²) < 4.78 is 0. The SMILES string of the molecule is CC/C=C\C=C/C1CCCC1. The fourth-order valence-corrected chi connectivity index (χ4v) is 1.59. The molecular formula is C11H18. The Morgan fingerprint density at radius 1 is 1.18 bits per heavy atom. The van der Waals surface area contributed by atoms with E-state index >= 15 is 0 Å². The molecule has 1 aliphatic rings. The first-order valence-corrected chi connectivity index (χ1v) is 4.77. The van der Waals surface area contributed by atoms with E-state index in [1.165, 1.54) is 25.7 Å². The molecule has 0 aromatic rings. The van der Waals surface area contributed by atoms with Crippen LogP contribution in [0.4, 0.5) is 0 Å². The number of rotatable bonds is 3. The van der Waals surface area contributed by atoms with Crippen molar-refractivity contribution in [1.82, 2.24) is 0 Å². The summed E-state index contributed by atoms with van der Waals surface area (Å²) in [6.07, 6.45) is 15.8. The second-order valence-electron chi connectivity index (χ2n) is 3.27. The first kappa shape index (κ1) is 8.58. The summed E-state index contributed by atoms with van der Waals surface area (Å²) in [6.45, 7) is 2.17. The molecule has 0 spiro atoms. The van der Waals surface area contributed by atoms with E-state index in [4.69, 9.17) is 0 Å². The predicted octanol–water partition coefficient (Wildman–Crippen LogP) is 3.70. The van der Waals surface area contributed by atoms with E-state index in [0.717, 1.165) is 12.3 Å². The normalized spacial score (nSPS) is 20.8. The molecular weight excluding hydrogens is 132 g/mol. The van der Waals surface area contributed by atoms with Crippen molar-refractivity contribution in [3.05, 3.63) is 24.3 Å². The smallest absolute Gasteiger partial charge is 0.0230 e. The molecule has 1 saturated carbocycles. The Kier molecular flexibility index (Phi) is 4.03. The molecule has 0 unspecified atom stereocenters. The Morgan fingerprint density at radius 3 is 2.55 bits per heavy atom. The Labute approximate surface area is 70.0 Å². The van der Waals surface area contributed by atoms with Gasteiger partial charge in [0.05, 0.1) is 0 Å². The second kappa shape index (κ2) is 5.17. The van der Waals surface area contributed by atoms with E-state index in [2.05, 4.69) is 31.2 Å². The highest BCUT2D eigenvalue weighted by atomic mass is 14.2. The van der Waals surface area contributed by atoms with Gasteiger partial charge in [0, 0.05) is 0 Å². The van der Waals surface area contributed by atoms with Crippen molar-refractivity contribution in [2.45, 2.75) is 39.0 Å². The minimum Gasteiger partial charge on any atom is -0.0848 e. The maximum absolute atomic E-state index is 2.36. The molecule has 1 rings (SSSR count). The van der Waals surface area contributed by atoms with Crippen molar-refractivity contribution in [2.75, 3.05) is 0 Å². The van der Waals surface area contributed by atoms with Gasteiger partial charge < -0.3 is 0 Å². The fourth-order valence-electron chi connectivity index (χ4n) is 1.59. The summed E-state index contributed by atoms with van der Waals surface area (Å²) in [4.78, 5) is 0. The number of allylic oxidation sites excluding steroid dienone is 4. The third kappa shape index (κ3) is 3.41. The van der Waals surface area contributed by atoms with Crippen molar-refractivity contribution in [1.29, 1.82) is 0 Å². The Bertz CT molecular complexity index is 136. The van der Waals surface area contributed by atoms with Crippen molar-refractivity contribution >= 4 is 0 Å². The lowest BCUT2D eigenvalue weighted by molar-refractivity contribution is 0.686. The molecule has 0 bridgehead atoms. The lowest BCUT2D eigenvalue weighted by Crippen LogP contribution is -1.83. The van der Waals surface area contributed by atoms with Gasteiger partial charge in [-0.1, -0.05) is 44.1 Å². The Balaban J connectivity index is 2.17. The highest BCUT2D eigenvalue weighted by Gasteiger charge is 2.10. The summed E-state index contributed by atoms with van der Waals surface area (Å²) in [5, 5.41) is 0. The molecule has 0 heterocycles. The zero-order valence-corrected chi connectivity index (χ0v) is 7.42. The molecule has 1 aliphatic carbocycles. The van der Waals surface area contributed by atoms with Gasteiger partial charge in [0.15, 0.2) is 0 Å². The van der Waals surface area contributed by atoms with Gasteiger partial charge in [-0.05, 0) is 25.2 Å². The summed E-state index contributed by atoms with van der Waals surface area (Å²) in [7, 11) is 0. The van der Waals surface area contributed by atoms with E-state index < -0.39 is 0 Å². The predicted molar refractivity (Wildman–Crippen MR) is 50.5 cm³/mol. The molecule has 0 nitrogen and oxygen atoms in total. The number of hydrogen-bond donors (Lipinski definition) is 0. The van der Waals surface area contributed by atoms with Crippen LogP contribution in [-0.2, 0) is 0 Å². The van der Waals surface area contributed by atoms with Gasteiger partial charge in [-0.25, -0.2) is 0 Å². The van der Waals surface area contributed by atoms with Gasteiger partial charge in [-0.15, -0.1) is 0 Å². The maximum Gasteiger partial charge on any atom is -0.0230 e. The molecule has 0 aromatic heterocycles. The fraction of sp³-hybridized carbons (Fsp3) is 0.636. The molecule has 1 fully saturated rings. The molecule has 0 aromatic carbocycles. The van der Waals surface area contributed by atoms with Crippen molar-refractivity contribution < 1.29 is 0 Å². The third-order valence-electron chi connectivity index (χ3n) is 2.27. The molecule has 0 saturated heterocycles. The highest BCUT2D eigenvalue weighted by Crippen LogP contribution is 2.25. The van der Waals surface area contributed by atoms with Crippen LogP contribution in [0.5, 0.6) is 0 Å². The second-order valence-corrected chi connectivity index (χ2v) is 3.27. The summed E-state index contributed by atoms with van der Waals surface area (Å²) in [5.74, 6) is 0.886. The van der Waals surface area contributed by atoms with Crippen LogP contribution in [0.3, 0.4) is 0 Å². The standard InChI is InChI=1S/C11H18/c1-2-3-4-5-8-11-9-6-7-10-11/h3-5,8,11H,2,6-7,9-10H2,1H3/b4-3-,8-5-. The lowest BCUT2D eigenvalue weighted by atomic mass is 10.1. The summed E-state index contributed by atoms with van der Waals surface area (Å²) in [6, 6.07) is 0. The Hall–Kier alpha value is -0.520. The van der Waals surface area contributed by atoms with Gasteiger partial charge in [0.25, 0.3) is 0 Å². The maximum atomic E-state index is 2.36. The average Bonchev–Trinajstić information content (AvgIpc) is 2.50. The van der Waals surface area contributed by atoms with E-state index in [-0.39, 0.29) is 0 Å². The molecule has 11 heavy (non-hydrogen) atoms. The molecule has 0 N–H and O–H groups in total. The average molecular weight is 150 g/mol. The minimum atomic E-state index is 0.886. The molecule has 62 valence electrons. The van der Waals surface area contributed by atoms with Crippen LogP contribution in [0, 0.1) is 5.92 Å². The summed E-state index contributed by atoms with van der Waals surface area (Å²) >= 11 is 0. The van der Waals surface area contributed by atoms with E-state index in [1.807, 2.05) is 0 Å². The van der Waals surface area contributed by atoms with Crippen LogP contribution in [0.15, 0.2) is 24.3 Å². The highest BCUT2D eigenvalue weighted by molar-refractivity contribution is 5.04. The zero-order valence-electron chi connectivity index (χ0n) is 7.42.